The van der Waals surface area contributed by atoms with E-state index in [4.69, 9.17) is 5.73 Å². The number of hydrogen-bond donors (Lipinski definition) is 1. The second kappa shape index (κ2) is 5.83. The molecule has 0 aromatic carbocycles. The average Bonchev–Trinajstić information content (AvgIpc) is 2.27. The fraction of sp³-hybridized carbons (Fsp3) is 1.00. The highest BCUT2D eigenvalue weighted by atomic mass is 15.2. The second-order valence-electron chi connectivity index (χ2n) is 4.93. The molecular formula is C12H27N3. The molecule has 3 heteroatoms. The molecule has 0 aliphatic carbocycles. The van der Waals surface area contributed by atoms with Gasteiger partial charge in [0.1, 0.15) is 0 Å². The van der Waals surface area contributed by atoms with Gasteiger partial charge in [-0.05, 0) is 53.4 Å². The van der Waals surface area contributed by atoms with E-state index < -0.39 is 0 Å². The lowest BCUT2D eigenvalue weighted by Gasteiger charge is -2.40. The third kappa shape index (κ3) is 3.44. The number of hydrogen-bond acceptors (Lipinski definition) is 3. The molecule has 2 unspecified atom stereocenters. The predicted molar refractivity (Wildman–Crippen MR) is 66.0 cm³/mol. The van der Waals surface area contributed by atoms with E-state index in [1.807, 2.05) is 0 Å². The minimum Gasteiger partial charge on any atom is -0.327 e. The van der Waals surface area contributed by atoms with Gasteiger partial charge in [0.2, 0.25) is 0 Å². The monoisotopic (exact) mass is 213 g/mol. The van der Waals surface area contributed by atoms with Gasteiger partial charge in [-0.25, -0.2) is 0 Å². The van der Waals surface area contributed by atoms with Crippen LogP contribution >= 0.6 is 0 Å². The van der Waals surface area contributed by atoms with Crippen molar-refractivity contribution in [3.63, 3.8) is 0 Å². The normalized spacial score (nSPS) is 24.4. The van der Waals surface area contributed by atoms with Gasteiger partial charge < -0.3 is 10.6 Å². The fourth-order valence-corrected chi connectivity index (χ4v) is 2.35. The van der Waals surface area contributed by atoms with Crippen LogP contribution in [-0.2, 0) is 0 Å². The van der Waals surface area contributed by atoms with Crippen LogP contribution in [0.25, 0.3) is 0 Å². The second-order valence-corrected chi connectivity index (χ2v) is 4.93. The Morgan fingerprint density at radius 3 is 2.27 bits per heavy atom. The van der Waals surface area contributed by atoms with Gasteiger partial charge in [0, 0.05) is 18.1 Å². The lowest BCUT2D eigenvalue weighted by atomic mass is 10.0. The van der Waals surface area contributed by atoms with Crippen molar-refractivity contribution < 1.29 is 0 Å². The summed E-state index contributed by atoms with van der Waals surface area (Å²) >= 11 is 0. The molecule has 15 heavy (non-hydrogen) atoms. The van der Waals surface area contributed by atoms with Crippen LogP contribution in [0.2, 0.25) is 0 Å². The van der Waals surface area contributed by atoms with Crippen LogP contribution in [0.4, 0.5) is 0 Å². The van der Waals surface area contributed by atoms with Crippen molar-refractivity contribution in [1.29, 1.82) is 0 Å². The number of piperidine rings is 1. The Labute approximate surface area is 94.6 Å². The first-order valence-corrected chi connectivity index (χ1v) is 6.26. The maximum absolute atomic E-state index is 5.94. The lowest BCUT2D eigenvalue weighted by Crippen LogP contribution is -2.51. The third-order valence-electron chi connectivity index (χ3n) is 3.98. The molecule has 0 aromatic rings. The van der Waals surface area contributed by atoms with E-state index in [9.17, 15) is 0 Å². The summed E-state index contributed by atoms with van der Waals surface area (Å²) in [6, 6.07) is 1.48. The highest BCUT2D eigenvalue weighted by Crippen LogP contribution is 2.17. The molecule has 0 bridgehead atoms. The smallest absolute Gasteiger partial charge is 0.0216 e. The van der Waals surface area contributed by atoms with Gasteiger partial charge in [-0.2, -0.15) is 0 Å². The predicted octanol–water partition coefficient (Wildman–Crippen LogP) is 1.14. The topological polar surface area (TPSA) is 32.5 Å². The van der Waals surface area contributed by atoms with Gasteiger partial charge in [-0.3, -0.25) is 4.90 Å². The molecule has 1 saturated heterocycles. The molecular weight excluding hydrogens is 186 g/mol. The summed E-state index contributed by atoms with van der Waals surface area (Å²) in [4.78, 5) is 5.00. The average molecular weight is 213 g/mol. The van der Waals surface area contributed by atoms with Crippen LogP contribution in [0.1, 0.15) is 33.6 Å². The SMILES string of the molecule is CCN1CCC(N(C)C(C)C(C)N)CC1. The summed E-state index contributed by atoms with van der Waals surface area (Å²) in [7, 11) is 2.22. The van der Waals surface area contributed by atoms with E-state index in [-0.39, 0.29) is 6.04 Å². The lowest BCUT2D eigenvalue weighted by molar-refractivity contribution is 0.0967. The van der Waals surface area contributed by atoms with Crippen LogP contribution in [0.15, 0.2) is 0 Å². The van der Waals surface area contributed by atoms with Crippen molar-refractivity contribution in [3.8, 4) is 0 Å². The molecule has 2 atom stereocenters. The first-order valence-electron chi connectivity index (χ1n) is 6.26. The van der Waals surface area contributed by atoms with Crippen molar-refractivity contribution in [2.75, 3.05) is 26.7 Å². The minimum absolute atomic E-state index is 0.263. The summed E-state index contributed by atoms with van der Waals surface area (Å²) in [6.45, 7) is 10.3. The van der Waals surface area contributed by atoms with Crippen LogP contribution in [0.3, 0.4) is 0 Å². The zero-order chi connectivity index (χ0) is 11.4. The molecule has 3 nitrogen and oxygen atoms in total. The Hall–Kier alpha value is -0.120. The standard InChI is InChI=1S/C12H27N3/c1-5-15-8-6-12(7-9-15)14(4)11(3)10(2)13/h10-12H,5-9,13H2,1-4H3. The Balaban J connectivity index is 2.39. The Bertz CT molecular complexity index is 174. The van der Waals surface area contributed by atoms with E-state index in [1.165, 1.54) is 32.5 Å². The molecule has 1 heterocycles. The van der Waals surface area contributed by atoms with Crippen LogP contribution in [-0.4, -0.2) is 54.6 Å². The van der Waals surface area contributed by atoms with Gasteiger partial charge in [-0.1, -0.05) is 6.92 Å². The Morgan fingerprint density at radius 1 is 1.33 bits per heavy atom. The summed E-state index contributed by atoms with van der Waals surface area (Å²) < 4.78 is 0. The highest BCUT2D eigenvalue weighted by molar-refractivity contribution is 4.83. The molecule has 1 aliphatic rings. The molecule has 1 fully saturated rings. The van der Waals surface area contributed by atoms with Crippen LogP contribution < -0.4 is 5.73 Å². The van der Waals surface area contributed by atoms with E-state index in [2.05, 4.69) is 37.6 Å². The fourth-order valence-electron chi connectivity index (χ4n) is 2.35. The first kappa shape index (κ1) is 12.9. The van der Waals surface area contributed by atoms with Crippen LogP contribution in [0.5, 0.6) is 0 Å². The van der Waals surface area contributed by atoms with Crippen molar-refractivity contribution in [2.45, 2.75) is 51.7 Å². The molecule has 0 spiro atoms. The maximum atomic E-state index is 5.94. The zero-order valence-corrected chi connectivity index (χ0v) is 10.7. The first-order chi connectivity index (χ1) is 7.06. The Kier molecular flexibility index (Phi) is 5.03. The van der Waals surface area contributed by atoms with E-state index in [1.54, 1.807) is 0 Å². The van der Waals surface area contributed by atoms with E-state index >= 15 is 0 Å². The number of likely N-dealkylation sites (N-methyl/N-ethyl adjacent to an activating group) is 1. The summed E-state index contributed by atoms with van der Waals surface area (Å²) in [5, 5.41) is 0. The molecule has 0 aromatic heterocycles. The highest BCUT2D eigenvalue weighted by Gasteiger charge is 2.25. The van der Waals surface area contributed by atoms with Gasteiger partial charge in [0.25, 0.3) is 0 Å². The number of likely N-dealkylation sites (tertiary alicyclic amines) is 1. The van der Waals surface area contributed by atoms with Crippen molar-refractivity contribution in [1.82, 2.24) is 9.80 Å². The molecule has 0 radical (unpaired) electrons. The number of rotatable bonds is 4. The minimum atomic E-state index is 0.263. The van der Waals surface area contributed by atoms with Crippen molar-refractivity contribution in [2.24, 2.45) is 5.73 Å². The van der Waals surface area contributed by atoms with Gasteiger partial charge in [-0.15, -0.1) is 0 Å². The molecule has 1 aliphatic heterocycles. The summed E-state index contributed by atoms with van der Waals surface area (Å²) in [6.07, 6.45) is 2.59. The third-order valence-corrected chi connectivity index (χ3v) is 3.98. The molecule has 1 rings (SSSR count). The summed E-state index contributed by atoms with van der Waals surface area (Å²) in [5.41, 5.74) is 5.94. The van der Waals surface area contributed by atoms with Crippen LogP contribution in [0, 0.1) is 0 Å². The Morgan fingerprint density at radius 2 is 1.87 bits per heavy atom. The number of nitrogens with two attached hydrogens (primary N) is 1. The molecule has 0 saturated carbocycles. The zero-order valence-electron chi connectivity index (χ0n) is 10.7. The molecule has 0 amide bonds. The van der Waals surface area contributed by atoms with Gasteiger partial charge in [0.15, 0.2) is 0 Å². The maximum Gasteiger partial charge on any atom is 0.0216 e. The van der Waals surface area contributed by atoms with E-state index in [0.717, 1.165) is 6.04 Å². The largest absolute Gasteiger partial charge is 0.327 e. The van der Waals surface area contributed by atoms with Crippen molar-refractivity contribution >= 4 is 0 Å². The van der Waals surface area contributed by atoms with Gasteiger partial charge >= 0.3 is 0 Å². The van der Waals surface area contributed by atoms with Gasteiger partial charge in [0.05, 0.1) is 0 Å². The molecule has 90 valence electrons. The van der Waals surface area contributed by atoms with E-state index in [0.29, 0.717) is 6.04 Å². The number of nitrogens with zero attached hydrogens (tertiary/aromatic N) is 2. The molecule has 2 N–H and O–H groups in total. The van der Waals surface area contributed by atoms with Crippen molar-refractivity contribution in [3.05, 3.63) is 0 Å². The summed E-state index contributed by atoms with van der Waals surface area (Å²) in [5.74, 6) is 0. The quantitative estimate of drug-likeness (QED) is 0.760.